The molecule has 0 aliphatic rings. The summed E-state index contributed by atoms with van der Waals surface area (Å²) in [4.78, 5) is 21.7. The minimum absolute atomic E-state index is 0.127. The second-order valence-corrected chi connectivity index (χ2v) is 7.16. The molecule has 0 aliphatic heterocycles. The smallest absolute Gasteiger partial charge is 0.258 e. The Morgan fingerprint density at radius 2 is 1.89 bits per heavy atom. The number of benzene rings is 2. The van der Waals surface area contributed by atoms with Gasteiger partial charge in [0.2, 0.25) is 0 Å². The number of hydrogen-bond acceptors (Lipinski definition) is 3. The molecule has 2 aromatic carbocycles. The molecule has 1 heterocycles. The molecule has 1 aromatic heterocycles. The summed E-state index contributed by atoms with van der Waals surface area (Å²) < 4.78 is 0. The van der Waals surface area contributed by atoms with E-state index in [0.717, 1.165) is 12.1 Å². The molecule has 28 heavy (non-hydrogen) atoms. The third-order valence-electron chi connectivity index (χ3n) is 4.70. The molecule has 3 rings (SSSR count). The lowest BCUT2D eigenvalue weighted by molar-refractivity contribution is 0.429. The molecule has 0 saturated heterocycles. The molecule has 0 atom stereocenters. The fourth-order valence-electron chi connectivity index (χ4n) is 3.06. The Bertz CT molecular complexity index is 997. The van der Waals surface area contributed by atoms with E-state index >= 15 is 0 Å². The number of fused-ring (bicyclic) bond motifs is 1. The molecule has 0 fully saturated rings. The molecular weight excluding hydrogens is 368 g/mol. The van der Waals surface area contributed by atoms with Crippen molar-refractivity contribution in [3.05, 3.63) is 70.3 Å². The van der Waals surface area contributed by atoms with Crippen LogP contribution in [0.4, 0.5) is 5.69 Å². The summed E-state index contributed by atoms with van der Waals surface area (Å²) in [7, 11) is 0. The minimum atomic E-state index is -0.127. The number of nitrogens with one attached hydrogen (secondary N) is 2. The zero-order chi connectivity index (χ0) is 19.9. The van der Waals surface area contributed by atoms with Crippen molar-refractivity contribution in [1.29, 1.82) is 0 Å². The van der Waals surface area contributed by atoms with Crippen molar-refractivity contribution < 1.29 is 0 Å². The number of thiocarbonyl (C=S) groups is 1. The molecule has 146 valence electrons. The number of anilines is 1. The van der Waals surface area contributed by atoms with Crippen molar-refractivity contribution in [2.75, 3.05) is 11.9 Å². The van der Waals surface area contributed by atoms with Crippen molar-refractivity contribution in [1.82, 2.24) is 14.9 Å². The van der Waals surface area contributed by atoms with Crippen molar-refractivity contribution in [2.45, 2.75) is 39.7 Å². The molecular formula is C22H26N4OS. The van der Waals surface area contributed by atoms with Gasteiger partial charge >= 0.3 is 0 Å². The van der Waals surface area contributed by atoms with Crippen molar-refractivity contribution in [3.8, 4) is 0 Å². The highest BCUT2D eigenvalue weighted by molar-refractivity contribution is 7.80. The SMILES string of the molecule is CCCCc1ccc(NC(=S)N(CC)Cc2nc3ccccc3c(=O)[nH]2)cc1. The van der Waals surface area contributed by atoms with E-state index < -0.39 is 0 Å². The molecule has 0 unspecified atom stereocenters. The van der Waals surface area contributed by atoms with Gasteiger partial charge in [0.1, 0.15) is 5.82 Å². The first-order valence-corrected chi connectivity index (χ1v) is 10.1. The lowest BCUT2D eigenvalue weighted by atomic mass is 10.1. The first kappa shape index (κ1) is 20.0. The standard InChI is InChI=1S/C22H26N4OS/c1-3-5-8-16-11-13-17(14-12-16)23-22(28)26(4-2)15-20-24-19-10-7-6-9-18(19)21(27)25-20/h6-7,9-14H,3-5,8,15H2,1-2H3,(H,23,28)(H,24,25,27). The number of H-pyrrole nitrogens is 1. The van der Waals surface area contributed by atoms with Crippen LogP contribution in [0.15, 0.2) is 53.3 Å². The van der Waals surface area contributed by atoms with Gasteiger partial charge in [-0.2, -0.15) is 0 Å². The van der Waals surface area contributed by atoms with E-state index in [1.807, 2.05) is 30.0 Å². The predicted octanol–water partition coefficient (Wildman–Crippen LogP) is 4.48. The van der Waals surface area contributed by atoms with Gasteiger partial charge in [-0.25, -0.2) is 4.98 Å². The quantitative estimate of drug-likeness (QED) is 0.579. The Hall–Kier alpha value is -2.73. The van der Waals surface area contributed by atoms with E-state index in [-0.39, 0.29) is 5.56 Å². The maximum Gasteiger partial charge on any atom is 0.258 e. The maximum atomic E-state index is 12.3. The topological polar surface area (TPSA) is 61.0 Å². The van der Waals surface area contributed by atoms with Crippen LogP contribution < -0.4 is 10.9 Å². The van der Waals surface area contributed by atoms with E-state index in [1.165, 1.54) is 18.4 Å². The fourth-order valence-corrected chi connectivity index (χ4v) is 3.37. The molecule has 0 saturated carbocycles. The van der Waals surface area contributed by atoms with Crippen molar-refractivity contribution in [2.24, 2.45) is 0 Å². The van der Waals surface area contributed by atoms with Gasteiger partial charge in [-0.15, -0.1) is 0 Å². The zero-order valence-electron chi connectivity index (χ0n) is 16.4. The summed E-state index contributed by atoms with van der Waals surface area (Å²) in [5.41, 5.74) is 2.87. The predicted molar refractivity (Wildman–Crippen MR) is 120 cm³/mol. The number of aromatic nitrogens is 2. The highest BCUT2D eigenvalue weighted by atomic mass is 32.1. The van der Waals surface area contributed by atoms with Crippen LogP contribution in [-0.4, -0.2) is 26.5 Å². The minimum Gasteiger partial charge on any atom is -0.342 e. The molecule has 6 heteroatoms. The largest absolute Gasteiger partial charge is 0.342 e. The monoisotopic (exact) mass is 394 g/mol. The lowest BCUT2D eigenvalue weighted by Gasteiger charge is -2.24. The van der Waals surface area contributed by atoms with Gasteiger partial charge in [0, 0.05) is 12.2 Å². The number of aryl methyl sites for hydroxylation is 1. The Labute approximate surface area is 170 Å². The lowest BCUT2D eigenvalue weighted by Crippen LogP contribution is -2.35. The van der Waals surface area contributed by atoms with E-state index in [1.54, 1.807) is 6.07 Å². The highest BCUT2D eigenvalue weighted by Gasteiger charge is 2.12. The summed E-state index contributed by atoms with van der Waals surface area (Å²) >= 11 is 5.58. The number of nitrogens with zero attached hydrogens (tertiary/aromatic N) is 2. The van der Waals surface area contributed by atoms with Crippen LogP contribution >= 0.6 is 12.2 Å². The van der Waals surface area contributed by atoms with Gasteiger partial charge in [-0.1, -0.05) is 37.6 Å². The van der Waals surface area contributed by atoms with Gasteiger partial charge < -0.3 is 15.2 Å². The van der Waals surface area contributed by atoms with Crippen LogP contribution in [0.5, 0.6) is 0 Å². The molecule has 0 spiro atoms. The molecule has 0 radical (unpaired) electrons. The van der Waals surface area contributed by atoms with Gasteiger partial charge in [0.25, 0.3) is 5.56 Å². The van der Waals surface area contributed by atoms with Crippen LogP contribution in [0.1, 0.15) is 38.1 Å². The Morgan fingerprint density at radius 1 is 1.14 bits per heavy atom. The molecule has 0 aliphatic carbocycles. The third kappa shape index (κ3) is 4.95. The van der Waals surface area contributed by atoms with Gasteiger partial charge in [-0.3, -0.25) is 4.79 Å². The van der Waals surface area contributed by atoms with Crippen LogP contribution in [0.3, 0.4) is 0 Å². The first-order valence-electron chi connectivity index (χ1n) is 9.73. The Balaban J connectivity index is 1.69. The first-order chi connectivity index (χ1) is 13.6. The second-order valence-electron chi connectivity index (χ2n) is 6.77. The van der Waals surface area contributed by atoms with Gasteiger partial charge in [-0.05, 0) is 61.8 Å². The maximum absolute atomic E-state index is 12.3. The fraction of sp³-hybridized carbons (Fsp3) is 0.318. The number of aromatic amines is 1. The summed E-state index contributed by atoms with van der Waals surface area (Å²) in [5.74, 6) is 0.601. The molecule has 0 amide bonds. The van der Waals surface area contributed by atoms with Crippen LogP contribution in [0.25, 0.3) is 10.9 Å². The number of rotatable bonds is 7. The molecule has 5 nitrogen and oxygen atoms in total. The summed E-state index contributed by atoms with van der Waals surface area (Å²) in [5, 5.41) is 4.49. The van der Waals surface area contributed by atoms with E-state index in [0.29, 0.717) is 34.9 Å². The number of para-hydroxylation sites is 1. The van der Waals surface area contributed by atoms with Crippen LogP contribution in [-0.2, 0) is 13.0 Å². The van der Waals surface area contributed by atoms with Gasteiger partial charge in [0.15, 0.2) is 5.11 Å². The third-order valence-corrected chi connectivity index (χ3v) is 5.06. The van der Waals surface area contributed by atoms with E-state index in [9.17, 15) is 4.79 Å². The normalized spacial score (nSPS) is 10.8. The highest BCUT2D eigenvalue weighted by Crippen LogP contribution is 2.13. The van der Waals surface area contributed by atoms with E-state index in [2.05, 4.69) is 46.5 Å². The zero-order valence-corrected chi connectivity index (χ0v) is 17.2. The molecule has 3 aromatic rings. The van der Waals surface area contributed by atoms with E-state index in [4.69, 9.17) is 12.2 Å². The molecule has 0 bridgehead atoms. The average molecular weight is 395 g/mol. The average Bonchev–Trinajstić information content (AvgIpc) is 2.71. The number of hydrogen-bond donors (Lipinski definition) is 2. The van der Waals surface area contributed by atoms with Crippen molar-refractivity contribution in [3.63, 3.8) is 0 Å². The summed E-state index contributed by atoms with van der Waals surface area (Å²) in [6.45, 7) is 5.38. The summed E-state index contributed by atoms with van der Waals surface area (Å²) in [6, 6.07) is 15.7. The second kappa shape index (κ2) is 9.46. The summed E-state index contributed by atoms with van der Waals surface area (Å²) in [6.07, 6.45) is 3.50. The Kier molecular flexibility index (Phi) is 6.76. The van der Waals surface area contributed by atoms with Crippen LogP contribution in [0.2, 0.25) is 0 Å². The van der Waals surface area contributed by atoms with Crippen LogP contribution in [0, 0.1) is 0 Å². The Morgan fingerprint density at radius 3 is 2.61 bits per heavy atom. The number of unbranched alkanes of at least 4 members (excludes halogenated alkanes) is 1. The van der Waals surface area contributed by atoms with Gasteiger partial charge in [0.05, 0.1) is 17.4 Å². The molecule has 2 N–H and O–H groups in total. The van der Waals surface area contributed by atoms with Crippen molar-refractivity contribution >= 4 is 33.9 Å².